The number of carboxylic acid groups (broad SMARTS) is 1. The molecule has 1 aromatic rings. The zero-order valence-electron chi connectivity index (χ0n) is 12.9. The molecule has 0 heterocycles. The number of benzene rings is 1. The lowest BCUT2D eigenvalue weighted by atomic mass is 9.38. The number of aliphatic carboxylic acids is 1. The minimum Gasteiger partial charge on any atom is -0.481 e. The summed E-state index contributed by atoms with van der Waals surface area (Å²) in [6.45, 7) is 0. The second kappa shape index (κ2) is 4.74. The van der Waals surface area contributed by atoms with E-state index >= 15 is 0 Å². The van der Waals surface area contributed by atoms with Crippen molar-refractivity contribution < 1.29 is 9.90 Å². The maximum Gasteiger partial charge on any atom is 0.309 e. The van der Waals surface area contributed by atoms with Crippen LogP contribution in [0, 0.1) is 16.7 Å². The summed E-state index contributed by atoms with van der Waals surface area (Å²) in [5.41, 5.74) is 1.05. The molecule has 4 aliphatic rings. The van der Waals surface area contributed by atoms with Crippen molar-refractivity contribution >= 4 is 17.6 Å². The summed E-state index contributed by atoms with van der Waals surface area (Å²) in [6.07, 6.45) is 6.98. The highest BCUT2D eigenvalue weighted by molar-refractivity contribution is 6.17. The van der Waals surface area contributed by atoms with Crippen LogP contribution >= 0.6 is 11.6 Å². The number of hydrogen-bond donors (Lipinski definition) is 1. The number of carbonyl (C=O) groups is 1. The van der Waals surface area contributed by atoms with Crippen molar-refractivity contribution in [1.29, 1.82) is 0 Å². The average molecular weight is 319 g/mol. The molecule has 1 aromatic carbocycles. The van der Waals surface area contributed by atoms with Gasteiger partial charge in [-0.2, -0.15) is 0 Å². The van der Waals surface area contributed by atoms with Gasteiger partial charge in [0, 0.05) is 5.88 Å². The van der Waals surface area contributed by atoms with E-state index in [1.165, 1.54) is 12.0 Å². The Labute approximate surface area is 136 Å². The molecule has 4 aliphatic carbocycles. The molecule has 4 bridgehead atoms. The van der Waals surface area contributed by atoms with E-state index in [9.17, 15) is 9.90 Å². The summed E-state index contributed by atoms with van der Waals surface area (Å²) in [5, 5.41) is 9.99. The third-order valence-corrected chi connectivity index (χ3v) is 6.84. The van der Waals surface area contributed by atoms with Gasteiger partial charge in [0.25, 0.3) is 0 Å². The Hall–Kier alpha value is -1.02. The van der Waals surface area contributed by atoms with Crippen molar-refractivity contribution in [2.45, 2.75) is 50.4 Å². The van der Waals surface area contributed by atoms with Gasteiger partial charge in [-0.3, -0.25) is 4.79 Å². The Bertz CT molecular complexity index is 601. The van der Waals surface area contributed by atoms with Crippen LogP contribution < -0.4 is 0 Å². The summed E-state index contributed by atoms with van der Waals surface area (Å²) < 4.78 is 0. The van der Waals surface area contributed by atoms with Crippen molar-refractivity contribution in [3.05, 3.63) is 35.9 Å². The molecular formula is C19H23ClO2. The summed E-state index contributed by atoms with van der Waals surface area (Å²) in [7, 11) is 0. The minimum absolute atomic E-state index is 0.0606. The molecule has 0 saturated heterocycles. The molecule has 22 heavy (non-hydrogen) atoms. The van der Waals surface area contributed by atoms with Gasteiger partial charge in [0.2, 0.25) is 0 Å². The van der Waals surface area contributed by atoms with E-state index < -0.39 is 11.4 Å². The Morgan fingerprint density at radius 3 is 2.59 bits per heavy atom. The number of alkyl halides is 1. The Morgan fingerprint density at radius 1 is 1.14 bits per heavy atom. The first kappa shape index (κ1) is 14.6. The summed E-state index contributed by atoms with van der Waals surface area (Å²) >= 11 is 6.11. The zero-order chi connectivity index (χ0) is 15.4. The smallest absolute Gasteiger partial charge is 0.309 e. The molecule has 3 heteroatoms. The molecule has 0 spiro atoms. The molecule has 0 amide bonds. The van der Waals surface area contributed by atoms with Gasteiger partial charge in [-0.25, -0.2) is 0 Å². The van der Waals surface area contributed by atoms with E-state index in [2.05, 4.69) is 24.3 Å². The normalized spacial score (nSPS) is 42.5. The maximum absolute atomic E-state index is 12.1. The molecule has 118 valence electrons. The van der Waals surface area contributed by atoms with Crippen molar-refractivity contribution in [2.75, 3.05) is 5.88 Å². The van der Waals surface area contributed by atoms with Crippen molar-refractivity contribution in [1.82, 2.24) is 0 Å². The van der Waals surface area contributed by atoms with Crippen LogP contribution in [-0.4, -0.2) is 17.0 Å². The van der Waals surface area contributed by atoms with Crippen molar-refractivity contribution in [3.63, 3.8) is 0 Å². The van der Waals surface area contributed by atoms with E-state index in [-0.39, 0.29) is 10.8 Å². The monoisotopic (exact) mass is 318 g/mol. The molecule has 2 nitrogen and oxygen atoms in total. The number of halogens is 1. The topological polar surface area (TPSA) is 37.3 Å². The van der Waals surface area contributed by atoms with Gasteiger partial charge in [-0.15, -0.1) is 11.6 Å². The molecule has 4 saturated carbocycles. The summed E-state index contributed by atoms with van der Waals surface area (Å²) in [5.74, 6) is 0.624. The third kappa shape index (κ3) is 1.96. The van der Waals surface area contributed by atoms with Crippen LogP contribution in [0.4, 0.5) is 0 Å². The fourth-order valence-electron chi connectivity index (χ4n) is 6.47. The largest absolute Gasteiger partial charge is 0.481 e. The van der Waals surface area contributed by atoms with Crippen LogP contribution in [0.2, 0.25) is 0 Å². The van der Waals surface area contributed by atoms with Gasteiger partial charge < -0.3 is 5.11 Å². The Morgan fingerprint density at radius 2 is 1.91 bits per heavy atom. The fraction of sp³-hybridized carbons (Fsp3) is 0.632. The van der Waals surface area contributed by atoms with E-state index in [1.807, 2.05) is 6.07 Å². The standard InChI is InChI=1S/C19H23ClO2/c20-7-6-17-8-14-9-18(11-17,15-4-2-1-3-5-15)13-19(10-14,12-17)16(21)22/h1-5,14H,6-13H2,(H,21,22)/t14?,17-,18-,19?/m1/s1. The lowest BCUT2D eigenvalue weighted by Crippen LogP contribution is -2.61. The number of hydrogen-bond acceptors (Lipinski definition) is 1. The van der Waals surface area contributed by atoms with Crippen LogP contribution in [0.15, 0.2) is 30.3 Å². The van der Waals surface area contributed by atoms with Crippen LogP contribution in [0.5, 0.6) is 0 Å². The van der Waals surface area contributed by atoms with Crippen molar-refractivity contribution in [3.8, 4) is 0 Å². The third-order valence-electron chi connectivity index (χ3n) is 6.65. The van der Waals surface area contributed by atoms with Crippen LogP contribution in [0.1, 0.15) is 50.5 Å². The Balaban J connectivity index is 1.83. The first-order valence-electron chi connectivity index (χ1n) is 8.37. The molecule has 5 rings (SSSR count). The highest BCUT2D eigenvalue weighted by atomic mass is 35.5. The van der Waals surface area contributed by atoms with Crippen LogP contribution in [-0.2, 0) is 10.2 Å². The van der Waals surface area contributed by atoms with Gasteiger partial charge in [0.15, 0.2) is 0 Å². The maximum atomic E-state index is 12.1. The first-order chi connectivity index (χ1) is 10.5. The predicted molar refractivity (Wildman–Crippen MR) is 87.2 cm³/mol. The van der Waals surface area contributed by atoms with Gasteiger partial charge in [0.05, 0.1) is 5.41 Å². The highest BCUT2D eigenvalue weighted by Crippen LogP contribution is 2.71. The van der Waals surface area contributed by atoms with Crippen molar-refractivity contribution in [2.24, 2.45) is 16.7 Å². The first-order valence-corrected chi connectivity index (χ1v) is 8.90. The van der Waals surface area contributed by atoms with E-state index in [0.717, 1.165) is 38.5 Å². The lowest BCUT2D eigenvalue weighted by molar-refractivity contribution is -0.179. The summed E-state index contributed by atoms with van der Waals surface area (Å²) in [6, 6.07) is 10.6. The molecule has 1 N–H and O–H groups in total. The Kier molecular flexibility index (Phi) is 3.14. The molecule has 0 aliphatic heterocycles. The molecule has 0 radical (unpaired) electrons. The number of rotatable bonds is 4. The molecule has 4 fully saturated rings. The lowest BCUT2D eigenvalue weighted by Gasteiger charge is -2.65. The zero-order valence-corrected chi connectivity index (χ0v) is 13.6. The predicted octanol–water partition coefficient (Wildman–Crippen LogP) is 4.61. The van der Waals surface area contributed by atoms with Gasteiger partial charge in [-0.1, -0.05) is 30.3 Å². The van der Waals surface area contributed by atoms with Gasteiger partial charge in [0.1, 0.15) is 0 Å². The minimum atomic E-state index is -0.573. The van der Waals surface area contributed by atoms with Crippen LogP contribution in [0.25, 0.3) is 0 Å². The average Bonchev–Trinajstić information content (AvgIpc) is 2.46. The second-order valence-electron chi connectivity index (χ2n) is 8.18. The molecule has 2 unspecified atom stereocenters. The van der Waals surface area contributed by atoms with Gasteiger partial charge >= 0.3 is 5.97 Å². The van der Waals surface area contributed by atoms with E-state index in [4.69, 9.17) is 11.6 Å². The summed E-state index contributed by atoms with van der Waals surface area (Å²) in [4.78, 5) is 12.1. The van der Waals surface area contributed by atoms with Crippen LogP contribution in [0.3, 0.4) is 0 Å². The van der Waals surface area contributed by atoms with Gasteiger partial charge in [-0.05, 0) is 67.3 Å². The van der Waals surface area contributed by atoms with E-state index in [1.54, 1.807) is 0 Å². The highest BCUT2D eigenvalue weighted by Gasteiger charge is 2.65. The fourth-order valence-corrected chi connectivity index (χ4v) is 6.87. The quantitative estimate of drug-likeness (QED) is 0.823. The molecule has 4 atom stereocenters. The number of carboxylic acids is 1. The van der Waals surface area contributed by atoms with E-state index in [0.29, 0.717) is 11.8 Å². The molecule has 0 aromatic heterocycles. The molecular weight excluding hydrogens is 296 g/mol. The SMILES string of the molecule is O=C(O)C12CC3C[C@@](CCCl)(C1)C[C@](c1ccccc1)(C3)C2. The second-order valence-corrected chi connectivity index (χ2v) is 8.56.